The molecule has 0 spiro atoms. The number of ether oxygens (including phenoxy) is 1. The third-order valence-corrected chi connectivity index (χ3v) is 6.29. The number of aryl methyl sites for hydroxylation is 1. The molecule has 4 aromatic rings. The number of nitro benzene ring substituents is 1. The summed E-state index contributed by atoms with van der Waals surface area (Å²) in [4.78, 5) is 34.8. The third kappa shape index (κ3) is 4.12. The van der Waals surface area contributed by atoms with Crippen LogP contribution in [0, 0.1) is 17.0 Å². The standard InChI is InChI=1S/C22H17ClN4O4S/c1-13-5-8-18(31-2)19-20(13)32-22(25-19)26(12-14-4-3-9-24-11-14)21(28)16-10-15(23)6-7-17(16)27(29)30/h3-11H,12H2,1-2H3. The lowest BCUT2D eigenvalue weighted by molar-refractivity contribution is -0.385. The summed E-state index contributed by atoms with van der Waals surface area (Å²) in [5.74, 6) is -0.00524. The number of aromatic nitrogens is 2. The van der Waals surface area contributed by atoms with Crippen LogP contribution < -0.4 is 9.64 Å². The molecule has 4 rings (SSSR count). The normalized spacial score (nSPS) is 10.8. The van der Waals surface area contributed by atoms with E-state index in [0.29, 0.717) is 16.4 Å². The molecular weight excluding hydrogens is 452 g/mol. The number of rotatable bonds is 6. The van der Waals surface area contributed by atoms with Gasteiger partial charge >= 0.3 is 0 Å². The van der Waals surface area contributed by atoms with Crippen molar-refractivity contribution in [2.24, 2.45) is 0 Å². The van der Waals surface area contributed by atoms with Crippen molar-refractivity contribution in [2.45, 2.75) is 13.5 Å². The van der Waals surface area contributed by atoms with E-state index in [9.17, 15) is 14.9 Å². The molecule has 10 heteroatoms. The first-order chi connectivity index (χ1) is 15.4. The first-order valence-corrected chi connectivity index (χ1v) is 10.7. The number of amides is 1. The van der Waals surface area contributed by atoms with Gasteiger partial charge in [-0.25, -0.2) is 4.98 Å². The highest BCUT2D eigenvalue weighted by molar-refractivity contribution is 7.22. The summed E-state index contributed by atoms with van der Waals surface area (Å²) in [6, 6.07) is 11.2. The lowest BCUT2D eigenvalue weighted by Crippen LogP contribution is -2.31. The Morgan fingerprint density at radius 3 is 2.78 bits per heavy atom. The maximum atomic E-state index is 13.6. The molecule has 0 radical (unpaired) electrons. The van der Waals surface area contributed by atoms with Crippen molar-refractivity contribution < 1.29 is 14.5 Å². The molecule has 2 aromatic heterocycles. The van der Waals surface area contributed by atoms with Gasteiger partial charge in [-0.3, -0.25) is 24.8 Å². The fourth-order valence-corrected chi connectivity index (χ4v) is 4.48. The zero-order chi connectivity index (χ0) is 22.8. The van der Waals surface area contributed by atoms with Crippen molar-refractivity contribution in [1.82, 2.24) is 9.97 Å². The van der Waals surface area contributed by atoms with Gasteiger partial charge in [-0.15, -0.1) is 0 Å². The molecule has 2 aromatic carbocycles. The number of pyridine rings is 1. The number of nitrogens with zero attached hydrogens (tertiary/aromatic N) is 4. The van der Waals surface area contributed by atoms with Crippen molar-refractivity contribution in [3.05, 3.63) is 86.7 Å². The fourth-order valence-electron chi connectivity index (χ4n) is 3.26. The number of hydrogen-bond donors (Lipinski definition) is 0. The molecule has 0 saturated carbocycles. The number of benzene rings is 2. The molecule has 0 saturated heterocycles. The van der Waals surface area contributed by atoms with Crippen LogP contribution in [0.15, 0.2) is 54.9 Å². The number of thiazole rings is 1. The minimum atomic E-state index is -0.600. The molecular formula is C22H17ClN4O4S. The average Bonchev–Trinajstić information content (AvgIpc) is 3.24. The van der Waals surface area contributed by atoms with Crippen molar-refractivity contribution >= 4 is 49.9 Å². The molecule has 32 heavy (non-hydrogen) atoms. The number of carbonyl (C=O) groups is 1. The third-order valence-electron chi connectivity index (χ3n) is 4.84. The average molecular weight is 469 g/mol. The predicted molar refractivity (Wildman–Crippen MR) is 124 cm³/mol. The quantitative estimate of drug-likeness (QED) is 0.277. The zero-order valence-corrected chi connectivity index (χ0v) is 18.7. The molecule has 0 aliphatic carbocycles. The molecule has 2 heterocycles. The van der Waals surface area contributed by atoms with Gasteiger partial charge in [-0.1, -0.05) is 35.1 Å². The topological polar surface area (TPSA) is 98.5 Å². The highest BCUT2D eigenvalue weighted by Gasteiger charge is 2.29. The van der Waals surface area contributed by atoms with Gasteiger partial charge in [-0.05, 0) is 42.3 Å². The van der Waals surface area contributed by atoms with Crippen molar-refractivity contribution in [1.29, 1.82) is 0 Å². The molecule has 0 aliphatic heterocycles. The molecule has 0 atom stereocenters. The van der Waals surface area contributed by atoms with Gasteiger partial charge in [0.1, 0.15) is 16.8 Å². The predicted octanol–water partition coefficient (Wildman–Crippen LogP) is 5.42. The minimum absolute atomic E-state index is 0.116. The van der Waals surface area contributed by atoms with Crippen LogP contribution in [0.4, 0.5) is 10.8 Å². The molecule has 0 unspecified atom stereocenters. The van der Waals surface area contributed by atoms with Crippen LogP contribution in [0.2, 0.25) is 5.02 Å². The van der Waals surface area contributed by atoms with E-state index in [1.807, 2.05) is 25.1 Å². The number of carbonyl (C=O) groups excluding carboxylic acids is 1. The van der Waals surface area contributed by atoms with Crippen molar-refractivity contribution in [2.75, 3.05) is 12.0 Å². The first-order valence-electron chi connectivity index (χ1n) is 9.48. The van der Waals surface area contributed by atoms with Crippen molar-refractivity contribution in [3.8, 4) is 5.75 Å². The number of methoxy groups -OCH3 is 1. The number of nitro groups is 1. The minimum Gasteiger partial charge on any atom is -0.494 e. The van der Waals surface area contributed by atoms with Gasteiger partial charge < -0.3 is 4.74 Å². The Morgan fingerprint density at radius 1 is 1.28 bits per heavy atom. The van der Waals surface area contributed by atoms with Gasteiger partial charge in [0.05, 0.1) is 23.3 Å². The van der Waals surface area contributed by atoms with E-state index in [1.54, 1.807) is 25.6 Å². The van der Waals surface area contributed by atoms with Gasteiger partial charge in [0, 0.05) is 23.5 Å². The summed E-state index contributed by atoms with van der Waals surface area (Å²) < 4.78 is 6.29. The van der Waals surface area contributed by atoms with Crippen LogP contribution in [0.3, 0.4) is 0 Å². The van der Waals surface area contributed by atoms with E-state index in [2.05, 4.69) is 9.97 Å². The fraction of sp³-hybridized carbons (Fsp3) is 0.136. The Bertz CT molecular complexity index is 1330. The van der Waals surface area contributed by atoms with Gasteiger partial charge in [0.2, 0.25) is 0 Å². The second-order valence-electron chi connectivity index (χ2n) is 6.93. The lowest BCUT2D eigenvalue weighted by Gasteiger charge is -2.20. The summed E-state index contributed by atoms with van der Waals surface area (Å²) >= 11 is 7.38. The molecule has 0 bridgehead atoms. The van der Waals surface area contributed by atoms with E-state index >= 15 is 0 Å². The lowest BCUT2D eigenvalue weighted by atomic mass is 10.1. The molecule has 0 aliphatic rings. The summed E-state index contributed by atoms with van der Waals surface area (Å²) in [6.45, 7) is 2.07. The summed E-state index contributed by atoms with van der Waals surface area (Å²) in [5, 5.41) is 12.2. The molecule has 0 fully saturated rings. The largest absolute Gasteiger partial charge is 0.494 e. The number of hydrogen-bond acceptors (Lipinski definition) is 7. The van der Waals surface area contributed by atoms with Crippen LogP contribution in [0.5, 0.6) is 5.75 Å². The maximum Gasteiger partial charge on any atom is 0.282 e. The monoisotopic (exact) mass is 468 g/mol. The van der Waals surface area contributed by atoms with E-state index < -0.39 is 10.8 Å². The van der Waals surface area contributed by atoms with Crippen molar-refractivity contribution in [3.63, 3.8) is 0 Å². The first kappa shape index (κ1) is 21.7. The maximum absolute atomic E-state index is 13.6. The van der Waals surface area contributed by atoms with Gasteiger partial charge in [0.15, 0.2) is 5.13 Å². The Hall–Kier alpha value is -3.56. The van der Waals surface area contributed by atoms with E-state index in [-0.39, 0.29) is 22.8 Å². The molecule has 1 amide bonds. The van der Waals surface area contributed by atoms with Crippen LogP contribution in [0.1, 0.15) is 21.5 Å². The highest BCUT2D eigenvalue weighted by atomic mass is 35.5. The highest BCUT2D eigenvalue weighted by Crippen LogP contribution is 2.38. The summed E-state index contributed by atoms with van der Waals surface area (Å²) in [7, 11) is 1.55. The van der Waals surface area contributed by atoms with Crippen LogP contribution >= 0.6 is 22.9 Å². The molecule has 0 N–H and O–H groups in total. The van der Waals surface area contributed by atoms with E-state index in [0.717, 1.165) is 15.8 Å². The number of anilines is 1. The van der Waals surface area contributed by atoms with E-state index in [1.165, 1.54) is 34.4 Å². The second kappa shape index (κ2) is 8.89. The summed E-state index contributed by atoms with van der Waals surface area (Å²) in [6.07, 6.45) is 3.26. The SMILES string of the molecule is COc1ccc(C)c2sc(N(Cc3cccnc3)C(=O)c3cc(Cl)ccc3[N+](=O)[O-])nc12. The Morgan fingerprint density at radius 2 is 2.09 bits per heavy atom. The van der Waals surface area contributed by atoms with Crippen LogP contribution in [-0.4, -0.2) is 27.9 Å². The Labute approximate surface area is 192 Å². The molecule has 8 nitrogen and oxygen atoms in total. The van der Waals surface area contributed by atoms with Crippen LogP contribution in [-0.2, 0) is 6.54 Å². The Kier molecular flexibility index (Phi) is 6.02. The number of halogens is 1. The smallest absolute Gasteiger partial charge is 0.282 e. The van der Waals surface area contributed by atoms with Crippen LogP contribution in [0.25, 0.3) is 10.2 Å². The second-order valence-corrected chi connectivity index (χ2v) is 8.34. The molecule has 162 valence electrons. The Balaban J connectivity index is 1.88. The van der Waals surface area contributed by atoms with Gasteiger partial charge in [0.25, 0.3) is 11.6 Å². The number of fused-ring (bicyclic) bond motifs is 1. The summed E-state index contributed by atoms with van der Waals surface area (Å²) in [5.41, 5.74) is 1.90. The van der Waals surface area contributed by atoms with E-state index in [4.69, 9.17) is 16.3 Å². The van der Waals surface area contributed by atoms with Gasteiger partial charge in [-0.2, -0.15) is 0 Å². The zero-order valence-electron chi connectivity index (χ0n) is 17.1.